The molecule has 1 saturated heterocycles. The monoisotopic (exact) mass is 403 g/mol. The van der Waals surface area contributed by atoms with E-state index in [4.69, 9.17) is 0 Å². The van der Waals surface area contributed by atoms with Crippen LogP contribution in [0.5, 0.6) is 0 Å². The van der Waals surface area contributed by atoms with Gasteiger partial charge in [-0.2, -0.15) is 0 Å². The first-order chi connectivity index (χ1) is 13.8. The summed E-state index contributed by atoms with van der Waals surface area (Å²) in [6.45, 7) is 1.38. The Morgan fingerprint density at radius 1 is 1.07 bits per heavy atom. The van der Waals surface area contributed by atoms with E-state index in [1.165, 1.54) is 14.0 Å². The zero-order chi connectivity index (χ0) is 21.4. The molecule has 0 unspecified atom stereocenters. The fourth-order valence-corrected chi connectivity index (χ4v) is 2.99. The average molecular weight is 403 g/mol. The number of amides is 3. The van der Waals surface area contributed by atoms with Crippen LogP contribution < -0.4 is 16.0 Å². The molecule has 29 heavy (non-hydrogen) atoms. The molecule has 0 radical (unpaired) electrons. The van der Waals surface area contributed by atoms with Crippen molar-refractivity contribution in [1.29, 1.82) is 0 Å². The van der Waals surface area contributed by atoms with Gasteiger partial charge in [-0.05, 0) is 18.9 Å². The zero-order valence-corrected chi connectivity index (χ0v) is 16.4. The van der Waals surface area contributed by atoms with Crippen molar-refractivity contribution in [3.63, 3.8) is 0 Å². The van der Waals surface area contributed by atoms with Crippen molar-refractivity contribution in [2.45, 2.75) is 50.7 Å². The number of hydrogen-bond donors (Lipinski definition) is 3. The predicted molar refractivity (Wildman–Crippen MR) is 102 cm³/mol. The van der Waals surface area contributed by atoms with E-state index in [0.29, 0.717) is 6.42 Å². The van der Waals surface area contributed by atoms with Gasteiger partial charge in [-0.15, -0.1) is 0 Å². The van der Waals surface area contributed by atoms with Crippen LogP contribution in [-0.4, -0.2) is 54.7 Å². The predicted octanol–water partition coefficient (Wildman–Crippen LogP) is -0.371. The number of carbonyl (C=O) groups is 5. The number of hydrogen-bond acceptors (Lipinski definition) is 6. The highest BCUT2D eigenvalue weighted by atomic mass is 16.5. The Balaban J connectivity index is 1.91. The Kier molecular flexibility index (Phi) is 7.88. The summed E-state index contributed by atoms with van der Waals surface area (Å²) in [5.41, 5.74) is 0.899. The minimum Gasteiger partial charge on any atom is -0.467 e. The lowest BCUT2D eigenvalue weighted by atomic mass is 10.0. The van der Waals surface area contributed by atoms with Crippen LogP contribution in [0, 0.1) is 0 Å². The molecule has 3 N–H and O–H groups in total. The maximum Gasteiger partial charge on any atom is 0.328 e. The Morgan fingerprint density at radius 3 is 2.31 bits per heavy atom. The first-order valence-corrected chi connectivity index (χ1v) is 9.31. The Labute approximate surface area is 168 Å². The number of piperazine rings is 1. The van der Waals surface area contributed by atoms with Gasteiger partial charge in [-0.1, -0.05) is 30.3 Å². The third kappa shape index (κ3) is 6.70. The SMILES string of the molecule is COC(=O)[C@H](CCC(C)=O)NC(=O)C[C@@H]1NC(=O)[C@H](Cc2ccccc2)NC1=O. The van der Waals surface area contributed by atoms with Crippen molar-refractivity contribution < 1.29 is 28.7 Å². The van der Waals surface area contributed by atoms with Crippen molar-refractivity contribution in [2.24, 2.45) is 0 Å². The molecular formula is C20H25N3O6. The third-order valence-electron chi connectivity index (χ3n) is 4.54. The van der Waals surface area contributed by atoms with Crippen LogP contribution in [-0.2, 0) is 35.1 Å². The molecule has 2 rings (SSSR count). The van der Waals surface area contributed by atoms with Gasteiger partial charge in [0.15, 0.2) is 0 Å². The summed E-state index contributed by atoms with van der Waals surface area (Å²) in [7, 11) is 1.18. The van der Waals surface area contributed by atoms with E-state index in [1.807, 2.05) is 30.3 Å². The largest absolute Gasteiger partial charge is 0.467 e. The van der Waals surface area contributed by atoms with Gasteiger partial charge < -0.3 is 25.5 Å². The number of benzene rings is 1. The highest BCUT2D eigenvalue weighted by Gasteiger charge is 2.35. The van der Waals surface area contributed by atoms with Gasteiger partial charge in [0.05, 0.1) is 13.5 Å². The molecule has 3 amide bonds. The van der Waals surface area contributed by atoms with Crippen molar-refractivity contribution in [1.82, 2.24) is 16.0 Å². The zero-order valence-electron chi connectivity index (χ0n) is 16.4. The Morgan fingerprint density at radius 2 is 1.69 bits per heavy atom. The maximum absolute atomic E-state index is 12.3. The van der Waals surface area contributed by atoms with E-state index < -0.39 is 35.9 Å². The van der Waals surface area contributed by atoms with Crippen LogP contribution in [0.2, 0.25) is 0 Å². The summed E-state index contributed by atoms with van der Waals surface area (Å²) in [5.74, 6) is -2.27. The minimum absolute atomic E-state index is 0.0934. The number of ketones is 1. The molecule has 0 saturated carbocycles. The van der Waals surface area contributed by atoms with Crippen molar-refractivity contribution >= 4 is 29.5 Å². The Hall–Kier alpha value is -3.23. The lowest BCUT2D eigenvalue weighted by Crippen LogP contribution is -2.63. The van der Waals surface area contributed by atoms with E-state index in [1.54, 1.807) is 0 Å². The van der Waals surface area contributed by atoms with Gasteiger partial charge in [0, 0.05) is 12.8 Å². The summed E-state index contributed by atoms with van der Waals surface area (Å²) >= 11 is 0. The van der Waals surface area contributed by atoms with Crippen LogP contribution in [0.1, 0.15) is 31.7 Å². The van der Waals surface area contributed by atoms with Gasteiger partial charge in [0.1, 0.15) is 23.9 Å². The van der Waals surface area contributed by atoms with Crippen molar-refractivity contribution in [3.05, 3.63) is 35.9 Å². The molecule has 1 aliphatic rings. The number of Topliss-reactive ketones (excluding diaryl/α,β-unsaturated/α-hetero) is 1. The molecule has 9 heteroatoms. The molecule has 3 atom stereocenters. The molecule has 0 aliphatic carbocycles. The molecule has 0 spiro atoms. The first-order valence-electron chi connectivity index (χ1n) is 9.31. The Bertz CT molecular complexity index is 780. The molecule has 1 fully saturated rings. The van der Waals surface area contributed by atoms with E-state index in [-0.39, 0.29) is 31.0 Å². The second kappa shape index (κ2) is 10.4. The molecule has 1 heterocycles. The first kappa shape index (κ1) is 22.1. The minimum atomic E-state index is -1.04. The van der Waals surface area contributed by atoms with Crippen LogP contribution in [0.3, 0.4) is 0 Å². The van der Waals surface area contributed by atoms with Crippen molar-refractivity contribution in [2.75, 3.05) is 7.11 Å². The van der Waals surface area contributed by atoms with E-state index in [9.17, 15) is 24.0 Å². The molecular weight excluding hydrogens is 378 g/mol. The number of nitrogens with one attached hydrogen (secondary N) is 3. The lowest BCUT2D eigenvalue weighted by Gasteiger charge is -2.29. The molecule has 0 bridgehead atoms. The van der Waals surface area contributed by atoms with Crippen LogP contribution >= 0.6 is 0 Å². The summed E-state index contributed by atoms with van der Waals surface area (Å²) in [4.78, 5) is 59.8. The van der Waals surface area contributed by atoms with Gasteiger partial charge in [-0.3, -0.25) is 14.4 Å². The molecule has 1 aromatic rings. The van der Waals surface area contributed by atoms with Crippen LogP contribution in [0.4, 0.5) is 0 Å². The summed E-state index contributed by atoms with van der Waals surface area (Å²) < 4.78 is 4.63. The molecule has 0 aromatic heterocycles. The highest BCUT2D eigenvalue weighted by molar-refractivity contribution is 5.99. The maximum atomic E-state index is 12.3. The summed E-state index contributed by atoms with van der Waals surface area (Å²) in [6.07, 6.45) is 0.202. The van der Waals surface area contributed by atoms with Crippen LogP contribution in [0.25, 0.3) is 0 Å². The number of ether oxygens (including phenoxy) is 1. The van der Waals surface area contributed by atoms with Gasteiger partial charge in [-0.25, -0.2) is 4.79 Å². The van der Waals surface area contributed by atoms with Crippen LogP contribution in [0.15, 0.2) is 30.3 Å². The number of carbonyl (C=O) groups excluding carboxylic acids is 5. The molecule has 1 aromatic carbocycles. The molecule has 1 aliphatic heterocycles. The van der Waals surface area contributed by atoms with Crippen molar-refractivity contribution in [3.8, 4) is 0 Å². The van der Waals surface area contributed by atoms with Gasteiger partial charge in [0.25, 0.3) is 0 Å². The smallest absolute Gasteiger partial charge is 0.328 e. The number of rotatable bonds is 9. The summed E-state index contributed by atoms with van der Waals surface area (Å²) in [6, 6.07) is 6.49. The normalized spacial score (nSPS) is 19.5. The van der Waals surface area contributed by atoms with E-state index >= 15 is 0 Å². The fraction of sp³-hybridized carbons (Fsp3) is 0.450. The number of methoxy groups -OCH3 is 1. The second-order valence-electron chi connectivity index (χ2n) is 6.90. The lowest BCUT2D eigenvalue weighted by molar-refractivity contribution is -0.145. The van der Waals surface area contributed by atoms with E-state index in [2.05, 4.69) is 20.7 Å². The second-order valence-corrected chi connectivity index (χ2v) is 6.90. The topological polar surface area (TPSA) is 131 Å². The van der Waals surface area contributed by atoms with E-state index in [0.717, 1.165) is 5.56 Å². The fourth-order valence-electron chi connectivity index (χ4n) is 2.99. The number of esters is 1. The van der Waals surface area contributed by atoms with Gasteiger partial charge in [0.2, 0.25) is 17.7 Å². The third-order valence-corrected chi connectivity index (χ3v) is 4.54. The average Bonchev–Trinajstić information content (AvgIpc) is 2.69. The molecule has 9 nitrogen and oxygen atoms in total. The highest BCUT2D eigenvalue weighted by Crippen LogP contribution is 2.09. The standard InChI is InChI=1S/C20H25N3O6/c1-12(24)8-9-14(20(28)29-2)21-17(25)11-16-19(27)22-15(18(26)23-16)10-13-6-4-3-5-7-13/h3-7,14-16H,8-11H2,1-2H3,(H,21,25)(H,22,27)(H,23,26)/t14-,15-,16-/m0/s1. The molecule has 156 valence electrons. The summed E-state index contributed by atoms with van der Waals surface area (Å²) in [5, 5.41) is 7.64. The van der Waals surface area contributed by atoms with Gasteiger partial charge >= 0.3 is 5.97 Å². The quantitative estimate of drug-likeness (QED) is 0.482.